The molecule has 0 bridgehead atoms. The first-order valence-electron chi connectivity index (χ1n) is 9.37. The highest BCUT2D eigenvalue weighted by Gasteiger charge is 2.27. The summed E-state index contributed by atoms with van der Waals surface area (Å²) in [6, 6.07) is 2.38. The number of likely N-dealkylation sites (tertiary alicyclic amines) is 1. The molecule has 0 N–H and O–H groups in total. The predicted molar refractivity (Wildman–Crippen MR) is 92.9 cm³/mol. The Bertz CT molecular complexity index is 549. The fourth-order valence-corrected chi connectivity index (χ4v) is 3.92. The number of carbonyl (C=O) groups excluding carboxylic acids is 1. The van der Waals surface area contributed by atoms with Crippen molar-refractivity contribution in [2.75, 3.05) is 13.1 Å². The van der Waals surface area contributed by atoms with Gasteiger partial charge < -0.3 is 9.64 Å². The standard InChI is InChI=1S/C19H29N3O2/c1-14-11-15(2)21-19(20-14)24-17-9-6-10-22(13-17)18(23)12-16-7-4-3-5-8-16/h11,16-17H,3-10,12-13H2,1-2H3. The number of piperidine rings is 1. The van der Waals surface area contributed by atoms with Crippen molar-refractivity contribution < 1.29 is 9.53 Å². The Labute approximate surface area is 144 Å². The van der Waals surface area contributed by atoms with Gasteiger partial charge in [0.2, 0.25) is 5.91 Å². The molecule has 0 aromatic carbocycles. The summed E-state index contributed by atoms with van der Waals surface area (Å²) in [6.45, 7) is 5.42. The van der Waals surface area contributed by atoms with Gasteiger partial charge in [-0.05, 0) is 51.5 Å². The van der Waals surface area contributed by atoms with Gasteiger partial charge in [0.15, 0.2) is 0 Å². The Morgan fingerprint density at radius 1 is 1.12 bits per heavy atom. The molecule has 2 heterocycles. The molecule has 1 saturated carbocycles. The zero-order valence-electron chi connectivity index (χ0n) is 15.0. The third kappa shape index (κ3) is 4.68. The van der Waals surface area contributed by atoms with E-state index in [1.807, 2.05) is 24.8 Å². The molecular formula is C19H29N3O2. The summed E-state index contributed by atoms with van der Waals surface area (Å²) in [7, 11) is 0. The van der Waals surface area contributed by atoms with E-state index in [0.29, 0.717) is 30.8 Å². The maximum Gasteiger partial charge on any atom is 0.317 e. The number of aryl methyl sites for hydroxylation is 2. The molecule has 1 atom stereocenters. The minimum Gasteiger partial charge on any atom is -0.458 e. The quantitative estimate of drug-likeness (QED) is 0.848. The maximum absolute atomic E-state index is 12.6. The van der Waals surface area contributed by atoms with E-state index in [-0.39, 0.29) is 6.10 Å². The average molecular weight is 331 g/mol. The molecule has 2 fully saturated rings. The summed E-state index contributed by atoms with van der Waals surface area (Å²) < 4.78 is 5.97. The zero-order valence-corrected chi connectivity index (χ0v) is 15.0. The predicted octanol–water partition coefficient (Wildman–Crippen LogP) is 3.43. The van der Waals surface area contributed by atoms with Gasteiger partial charge in [0.05, 0.1) is 6.54 Å². The molecule has 5 heteroatoms. The molecule has 24 heavy (non-hydrogen) atoms. The molecule has 132 valence electrons. The second-order valence-corrected chi connectivity index (χ2v) is 7.36. The lowest BCUT2D eigenvalue weighted by Crippen LogP contribution is -2.45. The van der Waals surface area contributed by atoms with Crippen LogP contribution >= 0.6 is 0 Å². The van der Waals surface area contributed by atoms with Gasteiger partial charge in [-0.1, -0.05) is 19.3 Å². The number of rotatable bonds is 4. The SMILES string of the molecule is Cc1cc(C)nc(OC2CCCN(C(=O)CC3CCCCC3)C2)n1. The van der Waals surface area contributed by atoms with Gasteiger partial charge >= 0.3 is 6.01 Å². The molecular weight excluding hydrogens is 302 g/mol. The first kappa shape index (κ1) is 17.2. The van der Waals surface area contributed by atoms with Crippen molar-refractivity contribution in [2.24, 2.45) is 5.92 Å². The summed E-state index contributed by atoms with van der Waals surface area (Å²) >= 11 is 0. The largest absolute Gasteiger partial charge is 0.458 e. The third-order valence-corrected chi connectivity index (χ3v) is 5.15. The summed E-state index contributed by atoms with van der Waals surface area (Å²) in [6.07, 6.45) is 9.02. The summed E-state index contributed by atoms with van der Waals surface area (Å²) in [5, 5.41) is 0. The van der Waals surface area contributed by atoms with Crippen molar-refractivity contribution in [3.63, 3.8) is 0 Å². The molecule has 5 nitrogen and oxygen atoms in total. The van der Waals surface area contributed by atoms with Crippen LogP contribution < -0.4 is 4.74 Å². The smallest absolute Gasteiger partial charge is 0.317 e. The van der Waals surface area contributed by atoms with E-state index in [9.17, 15) is 4.79 Å². The molecule has 3 rings (SSSR count). The van der Waals surface area contributed by atoms with E-state index < -0.39 is 0 Å². The molecule has 1 aromatic heterocycles. The number of hydrogen-bond donors (Lipinski definition) is 0. The molecule has 1 aliphatic heterocycles. The van der Waals surface area contributed by atoms with Crippen LogP contribution in [0.15, 0.2) is 6.07 Å². The normalized spacial score (nSPS) is 22.4. The van der Waals surface area contributed by atoms with Crippen LogP contribution in [0, 0.1) is 19.8 Å². The van der Waals surface area contributed by atoms with Gasteiger partial charge in [0.25, 0.3) is 0 Å². The van der Waals surface area contributed by atoms with Crippen LogP contribution in [-0.4, -0.2) is 40.0 Å². The van der Waals surface area contributed by atoms with Gasteiger partial charge in [0.1, 0.15) is 6.10 Å². The first-order chi connectivity index (χ1) is 11.6. The second kappa shape index (κ2) is 7.95. The molecule has 1 aliphatic carbocycles. The minimum absolute atomic E-state index is 0.00950. The van der Waals surface area contributed by atoms with Crippen LogP contribution in [0.3, 0.4) is 0 Å². The van der Waals surface area contributed by atoms with Crippen LogP contribution in [0.2, 0.25) is 0 Å². The maximum atomic E-state index is 12.6. The number of amides is 1. The highest BCUT2D eigenvalue weighted by atomic mass is 16.5. The monoisotopic (exact) mass is 331 g/mol. The highest BCUT2D eigenvalue weighted by Crippen LogP contribution is 2.27. The number of nitrogens with zero attached hydrogens (tertiary/aromatic N) is 3. The van der Waals surface area contributed by atoms with E-state index in [4.69, 9.17) is 4.74 Å². The minimum atomic E-state index is 0.00950. The van der Waals surface area contributed by atoms with Crippen LogP contribution in [0.25, 0.3) is 0 Å². The van der Waals surface area contributed by atoms with Crippen molar-refractivity contribution >= 4 is 5.91 Å². The molecule has 1 saturated heterocycles. The summed E-state index contributed by atoms with van der Waals surface area (Å²) in [4.78, 5) is 23.3. The van der Waals surface area contributed by atoms with Gasteiger partial charge in [-0.25, -0.2) is 9.97 Å². The molecule has 1 amide bonds. The number of hydrogen-bond acceptors (Lipinski definition) is 4. The lowest BCUT2D eigenvalue weighted by Gasteiger charge is -2.33. The fraction of sp³-hybridized carbons (Fsp3) is 0.737. The molecule has 1 unspecified atom stereocenters. The summed E-state index contributed by atoms with van der Waals surface area (Å²) in [5.41, 5.74) is 1.83. The van der Waals surface area contributed by atoms with Crippen molar-refractivity contribution in [3.05, 3.63) is 17.5 Å². The van der Waals surface area contributed by atoms with Crippen molar-refractivity contribution in [1.29, 1.82) is 0 Å². The average Bonchev–Trinajstić information content (AvgIpc) is 2.55. The molecule has 1 aromatic rings. The van der Waals surface area contributed by atoms with Crippen LogP contribution in [0.5, 0.6) is 6.01 Å². The summed E-state index contributed by atoms with van der Waals surface area (Å²) in [5.74, 6) is 0.895. The van der Waals surface area contributed by atoms with Crippen LogP contribution in [0.4, 0.5) is 0 Å². The third-order valence-electron chi connectivity index (χ3n) is 5.15. The topological polar surface area (TPSA) is 55.3 Å². The van der Waals surface area contributed by atoms with Crippen molar-refractivity contribution in [3.8, 4) is 6.01 Å². The number of ether oxygens (including phenoxy) is 1. The lowest BCUT2D eigenvalue weighted by molar-refractivity contribution is -0.135. The Morgan fingerprint density at radius 2 is 1.83 bits per heavy atom. The highest BCUT2D eigenvalue weighted by molar-refractivity contribution is 5.76. The Morgan fingerprint density at radius 3 is 2.54 bits per heavy atom. The molecule has 2 aliphatic rings. The zero-order chi connectivity index (χ0) is 16.9. The van der Waals surface area contributed by atoms with Crippen molar-refractivity contribution in [2.45, 2.75) is 71.3 Å². The van der Waals surface area contributed by atoms with E-state index in [0.717, 1.165) is 30.8 Å². The van der Waals surface area contributed by atoms with E-state index in [2.05, 4.69) is 9.97 Å². The molecule has 0 radical (unpaired) electrons. The number of aromatic nitrogens is 2. The Balaban J connectivity index is 1.54. The van der Waals surface area contributed by atoms with Gasteiger partial charge in [0, 0.05) is 24.4 Å². The Kier molecular flexibility index (Phi) is 5.69. The van der Waals surface area contributed by atoms with Gasteiger partial charge in [-0.15, -0.1) is 0 Å². The second-order valence-electron chi connectivity index (χ2n) is 7.36. The van der Waals surface area contributed by atoms with Crippen molar-refractivity contribution in [1.82, 2.24) is 14.9 Å². The van der Waals surface area contributed by atoms with Gasteiger partial charge in [-0.2, -0.15) is 0 Å². The van der Waals surface area contributed by atoms with Crippen LogP contribution in [-0.2, 0) is 4.79 Å². The van der Waals surface area contributed by atoms with E-state index >= 15 is 0 Å². The van der Waals surface area contributed by atoms with Gasteiger partial charge in [-0.3, -0.25) is 4.79 Å². The van der Waals surface area contributed by atoms with E-state index in [1.165, 1.54) is 32.1 Å². The lowest BCUT2D eigenvalue weighted by atomic mass is 9.86. The van der Waals surface area contributed by atoms with E-state index in [1.54, 1.807) is 0 Å². The van der Waals surface area contributed by atoms with Crippen LogP contribution in [0.1, 0.15) is 62.8 Å². The first-order valence-corrected chi connectivity index (χ1v) is 9.37. The molecule has 0 spiro atoms. The number of carbonyl (C=O) groups is 1. The Hall–Kier alpha value is -1.65. The fourth-order valence-electron chi connectivity index (χ4n) is 3.92.